The lowest BCUT2D eigenvalue weighted by Crippen LogP contribution is -2.60. The number of aliphatic carboxylic acids is 2. The summed E-state index contributed by atoms with van der Waals surface area (Å²) >= 11 is 0. The van der Waals surface area contributed by atoms with Crippen LogP contribution in [0.3, 0.4) is 0 Å². The van der Waals surface area contributed by atoms with Gasteiger partial charge in [0, 0.05) is 26.1 Å². The Bertz CT molecular complexity index is 350. The second-order valence-electron chi connectivity index (χ2n) is 4.19. The molecule has 1 saturated heterocycles. The van der Waals surface area contributed by atoms with E-state index in [1.807, 2.05) is 0 Å². The lowest BCUT2D eigenvalue weighted by molar-refractivity contribution is -0.152. The number of carbonyl (C=O) groups excluding carboxylic acids is 1. The van der Waals surface area contributed by atoms with Crippen LogP contribution in [0.1, 0.15) is 19.3 Å². The molecule has 1 rings (SSSR count). The summed E-state index contributed by atoms with van der Waals surface area (Å²) in [5.74, 6) is -3.16. The van der Waals surface area contributed by atoms with Gasteiger partial charge < -0.3 is 26.0 Å². The predicted molar refractivity (Wildman–Crippen MR) is 58.8 cm³/mol. The van der Waals surface area contributed by atoms with Crippen molar-refractivity contribution < 1.29 is 29.3 Å². The molecule has 1 atom stereocenters. The van der Waals surface area contributed by atoms with Gasteiger partial charge in [0.15, 0.2) is 0 Å². The summed E-state index contributed by atoms with van der Waals surface area (Å²) in [5, 5.41) is 20.0. The standard InChI is InChI=1S/C10H16N2O6/c11-6(5-7(13)14)8(15)12-10(9(16)17)1-3-18-4-2-10/h6H,1-5,11H2,(H,12,15)(H,13,14)(H,16,17). The molecule has 0 aromatic heterocycles. The first kappa shape index (κ1) is 14.4. The molecule has 1 heterocycles. The van der Waals surface area contributed by atoms with Crippen LogP contribution in [0.2, 0.25) is 0 Å². The van der Waals surface area contributed by atoms with E-state index in [1.54, 1.807) is 0 Å². The van der Waals surface area contributed by atoms with Crippen LogP contribution in [0.4, 0.5) is 0 Å². The van der Waals surface area contributed by atoms with Crippen molar-refractivity contribution in [3.8, 4) is 0 Å². The average molecular weight is 260 g/mol. The number of nitrogens with two attached hydrogens (primary N) is 1. The highest BCUT2D eigenvalue weighted by Gasteiger charge is 2.42. The summed E-state index contributed by atoms with van der Waals surface area (Å²) in [4.78, 5) is 33.3. The monoisotopic (exact) mass is 260 g/mol. The van der Waals surface area contributed by atoms with Crippen molar-refractivity contribution in [3.05, 3.63) is 0 Å². The number of hydrogen-bond acceptors (Lipinski definition) is 5. The van der Waals surface area contributed by atoms with Gasteiger partial charge in [0.2, 0.25) is 5.91 Å². The number of carboxylic acids is 2. The topological polar surface area (TPSA) is 139 Å². The molecule has 0 spiro atoms. The van der Waals surface area contributed by atoms with E-state index in [1.165, 1.54) is 0 Å². The second kappa shape index (κ2) is 5.78. The number of ether oxygens (including phenoxy) is 1. The van der Waals surface area contributed by atoms with E-state index >= 15 is 0 Å². The zero-order chi connectivity index (χ0) is 13.8. The SMILES string of the molecule is NC(CC(=O)O)C(=O)NC1(C(=O)O)CCOCC1. The van der Waals surface area contributed by atoms with Crippen molar-refractivity contribution in [2.75, 3.05) is 13.2 Å². The Hall–Kier alpha value is -1.67. The van der Waals surface area contributed by atoms with E-state index in [0.717, 1.165) is 0 Å². The van der Waals surface area contributed by atoms with Gasteiger partial charge in [-0.3, -0.25) is 9.59 Å². The minimum atomic E-state index is -1.41. The molecule has 18 heavy (non-hydrogen) atoms. The van der Waals surface area contributed by atoms with Crippen LogP contribution in [0.5, 0.6) is 0 Å². The van der Waals surface area contributed by atoms with Gasteiger partial charge in [-0.15, -0.1) is 0 Å². The highest BCUT2D eigenvalue weighted by molar-refractivity contribution is 5.91. The fourth-order valence-corrected chi connectivity index (χ4v) is 1.72. The molecular formula is C10H16N2O6. The van der Waals surface area contributed by atoms with E-state index in [-0.39, 0.29) is 26.1 Å². The molecule has 0 radical (unpaired) electrons. The minimum absolute atomic E-state index is 0.133. The number of rotatable bonds is 5. The number of hydrogen-bond donors (Lipinski definition) is 4. The molecule has 0 bridgehead atoms. The third kappa shape index (κ3) is 3.41. The number of carboxylic acid groups (broad SMARTS) is 2. The van der Waals surface area contributed by atoms with Gasteiger partial charge in [-0.05, 0) is 0 Å². The van der Waals surface area contributed by atoms with Crippen LogP contribution in [0, 0.1) is 0 Å². The summed E-state index contributed by atoms with van der Waals surface area (Å²) in [5.41, 5.74) is 3.97. The predicted octanol–water partition coefficient (Wildman–Crippen LogP) is -1.46. The summed E-state index contributed by atoms with van der Waals surface area (Å²) in [6.07, 6.45) is -0.278. The molecule has 8 nitrogen and oxygen atoms in total. The van der Waals surface area contributed by atoms with Crippen LogP contribution in [0.15, 0.2) is 0 Å². The van der Waals surface area contributed by atoms with E-state index in [2.05, 4.69) is 5.32 Å². The fraction of sp³-hybridized carbons (Fsp3) is 0.700. The Morgan fingerprint density at radius 3 is 2.28 bits per heavy atom. The first-order valence-electron chi connectivity index (χ1n) is 5.48. The highest BCUT2D eigenvalue weighted by Crippen LogP contribution is 2.21. The molecule has 8 heteroatoms. The molecule has 0 aromatic carbocycles. The maximum atomic E-state index is 11.7. The molecule has 1 fully saturated rings. The Balaban J connectivity index is 2.69. The van der Waals surface area contributed by atoms with Crippen molar-refractivity contribution in [1.29, 1.82) is 0 Å². The number of carbonyl (C=O) groups is 3. The number of nitrogens with one attached hydrogen (secondary N) is 1. The molecular weight excluding hydrogens is 244 g/mol. The maximum Gasteiger partial charge on any atom is 0.329 e. The zero-order valence-electron chi connectivity index (χ0n) is 9.72. The molecule has 5 N–H and O–H groups in total. The zero-order valence-corrected chi connectivity index (χ0v) is 9.72. The van der Waals surface area contributed by atoms with Crippen LogP contribution in [-0.2, 0) is 19.1 Å². The second-order valence-corrected chi connectivity index (χ2v) is 4.19. The van der Waals surface area contributed by atoms with Gasteiger partial charge in [-0.2, -0.15) is 0 Å². The first-order valence-corrected chi connectivity index (χ1v) is 5.48. The largest absolute Gasteiger partial charge is 0.481 e. The lowest BCUT2D eigenvalue weighted by Gasteiger charge is -2.34. The molecule has 0 saturated carbocycles. The van der Waals surface area contributed by atoms with Crippen LogP contribution in [-0.4, -0.2) is 52.9 Å². The van der Waals surface area contributed by atoms with E-state index in [4.69, 9.17) is 15.6 Å². The van der Waals surface area contributed by atoms with Crippen LogP contribution in [0.25, 0.3) is 0 Å². The quantitative estimate of drug-likeness (QED) is 0.473. The van der Waals surface area contributed by atoms with E-state index in [0.29, 0.717) is 0 Å². The Labute approximate surface area is 103 Å². The summed E-state index contributed by atoms with van der Waals surface area (Å²) in [6, 6.07) is -1.26. The Morgan fingerprint density at radius 2 is 1.83 bits per heavy atom. The summed E-state index contributed by atoms with van der Waals surface area (Å²) < 4.78 is 5.04. The molecule has 1 amide bonds. The van der Waals surface area contributed by atoms with E-state index in [9.17, 15) is 19.5 Å². The van der Waals surface area contributed by atoms with Crippen LogP contribution < -0.4 is 11.1 Å². The third-order valence-corrected chi connectivity index (χ3v) is 2.85. The average Bonchev–Trinajstić information content (AvgIpc) is 2.29. The van der Waals surface area contributed by atoms with Gasteiger partial charge in [-0.1, -0.05) is 0 Å². The number of amides is 1. The molecule has 102 valence electrons. The molecule has 1 aliphatic heterocycles. The molecule has 0 aliphatic carbocycles. The molecule has 1 aliphatic rings. The third-order valence-electron chi connectivity index (χ3n) is 2.85. The van der Waals surface area contributed by atoms with Gasteiger partial charge in [-0.25, -0.2) is 4.79 Å². The highest BCUT2D eigenvalue weighted by atomic mass is 16.5. The van der Waals surface area contributed by atoms with Gasteiger partial charge >= 0.3 is 11.9 Å². The van der Waals surface area contributed by atoms with Gasteiger partial charge in [0.25, 0.3) is 0 Å². The van der Waals surface area contributed by atoms with Crippen LogP contribution >= 0.6 is 0 Å². The smallest absolute Gasteiger partial charge is 0.329 e. The fourth-order valence-electron chi connectivity index (χ4n) is 1.72. The van der Waals surface area contributed by atoms with E-state index < -0.39 is 35.8 Å². The van der Waals surface area contributed by atoms with Crippen molar-refractivity contribution in [2.24, 2.45) is 5.73 Å². The van der Waals surface area contributed by atoms with Gasteiger partial charge in [0.05, 0.1) is 12.5 Å². The van der Waals surface area contributed by atoms with Crippen molar-refractivity contribution >= 4 is 17.8 Å². The first-order chi connectivity index (χ1) is 8.37. The summed E-state index contributed by atoms with van der Waals surface area (Å²) in [7, 11) is 0. The van der Waals surface area contributed by atoms with Crippen molar-refractivity contribution in [2.45, 2.75) is 30.8 Å². The maximum absolute atomic E-state index is 11.7. The molecule has 1 unspecified atom stereocenters. The Morgan fingerprint density at radius 1 is 1.28 bits per heavy atom. The van der Waals surface area contributed by atoms with Gasteiger partial charge in [0.1, 0.15) is 5.54 Å². The minimum Gasteiger partial charge on any atom is -0.481 e. The normalized spacial score (nSPS) is 19.8. The summed E-state index contributed by atoms with van der Waals surface area (Å²) in [6.45, 7) is 0.446. The Kier molecular flexibility index (Phi) is 4.62. The van der Waals surface area contributed by atoms with Crippen molar-refractivity contribution in [1.82, 2.24) is 5.32 Å². The lowest BCUT2D eigenvalue weighted by atomic mass is 9.89. The van der Waals surface area contributed by atoms with Crippen molar-refractivity contribution in [3.63, 3.8) is 0 Å². The molecule has 0 aromatic rings.